The first-order valence-electron chi connectivity index (χ1n) is 7.83. The molecule has 3 N–H and O–H groups in total. The van der Waals surface area contributed by atoms with Gasteiger partial charge in [-0.25, -0.2) is 18.7 Å². The Morgan fingerprint density at radius 1 is 1.07 bits per heavy atom. The Hall–Kier alpha value is -3.32. The average Bonchev–Trinajstić information content (AvgIpc) is 3.09. The van der Waals surface area contributed by atoms with Crippen LogP contribution < -0.4 is 5.73 Å². The van der Waals surface area contributed by atoms with Crippen LogP contribution in [0.1, 0.15) is 15.9 Å². The number of carbonyl (C=O) groups excluding carboxylic acids is 1. The zero-order valence-corrected chi connectivity index (χ0v) is 14.4. The van der Waals surface area contributed by atoms with Gasteiger partial charge < -0.3 is 10.7 Å². The summed E-state index contributed by atoms with van der Waals surface area (Å²) in [6.07, 6.45) is 4.53. The second-order valence-electron chi connectivity index (χ2n) is 5.85. The summed E-state index contributed by atoms with van der Waals surface area (Å²) in [6.45, 7) is 0. The van der Waals surface area contributed by atoms with Gasteiger partial charge in [0.2, 0.25) is 5.78 Å². The summed E-state index contributed by atoms with van der Waals surface area (Å²) in [4.78, 5) is 23.9. The van der Waals surface area contributed by atoms with E-state index in [0.29, 0.717) is 21.7 Å². The zero-order chi connectivity index (χ0) is 19.1. The number of carbonyl (C=O) groups is 1. The molecule has 0 fully saturated rings. The van der Waals surface area contributed by atoms with Crippen molar-refractivity contribution in [2.75, 3.05) is 5.73 Å². The van der Waals surface area contributed by atoms with Crippen LogP contribution in [0.5, 0.6) is 0 Å². The summed E-state index contributed by atoms with van der Waals surface area (Å²) in [5.74, 6) is -2.89. The van der Waals surface area contributed by atoms with Gasteiger partial charge in [0, 0.05) is 40.7 Å². The number of nitrogens with two attached hydrogens (primary N) is 1. The van der Waals surface area contributed by atoms with Gasteiger partial charge in [-0.2, -0.15) is 0 Å². The fraction of sp³-hybridized carbons (Fsp3) is 0. The number of halogens is 3. The first-order valence-corrected chi connectivity index (χ1v) is 8.20. The van der Waals surface area contributed by atoms with Crippen molar-refractivity contribution < 1.29 is 13.6 Å². The molecule has 0 aliphatic heterocycles. The molecule has 0 amide bonds. The highest BCUT2D eigenvalue weighted by atomic mass is 35.5. The van der Waals surface area contributed by atoms with Gasteiger partial charge in [-0.05, 0) is 30.3 Å². The number of aromatic nitrogens is 3. The molecule has 0 radical (unpaired) electrons. The quantitative estimate of drug-likeness (QED) is 0.312. The Labute approximate surface area is 156 Å². The normalized spacial score (nSPS) is 11.1. The molecule has 5 nitrogen and oxygen atoms in total. The van der Waals surface area contributed by atoms with Crippen molar-refractivity contribution in [3.63, 3.8) is 0 Å². The van der Waals surface area contributed by atoms with Gasteiger partial charge in [0.25, 0.3) is 0 Å². The van der Waals surface area contributed by atoms with E-state index < -0.39 is 23.0 Å². The summed E-state index contributed by atoms with van der Waals surface area (Å²) in [6, 6.07) is 7.11. The third kappa shape index (κ3) is 2.92. The van der Waals surface area contributed by atoms with Crippen molar-refractivity contribution in [1.29, 1.82) is 0 Å². The maximum absolute atomic E-state index is 14.3. The molecule has 0 saturated carbocycles. The number of nitrogens with zero attached hydrogens (tertiary/aromatic N) is 2. The van der Waals surface area contributed by atoms with Gasteiger partial charge in [-0.15, -0.1) is 0 Å². The summed E-state index contributed by atoms with van der Waals surface area (Å²) < 4.78 is 28.3. The van der Waals surface area contributed by atoms with Crippen molar-refractivity contribution in [3.05, 3.63) is 76.8 Å². The Morgan fingerprint density at radius 3 is 2.59 bits per heavy atom. The molecule has 0 saturated heterocycles. The second-order valence-corrected chi connectivity index (χ2v) is 6.23. The van der Waals surface area contributed by atoms with Crippen LogP contribution in [-0.4, -0.2) is 20.7 Å². The van der Waals surface area contributed by atoms with E-state index in [4.69, 9.17) is 17.3 Å². The molecule has 0 bridgehead atoms. The molecule has 8 heteroatoms. The Morgan fingerprint density at radius 2 is 1.85 bits per heavy atom. The predicted octanol–water partition coefficient (Wildman–Crippen LogP) is 4.37. The number of aromatic amines is 1. The van der Waals surface area contributed by atoms with Gasteiger partial charge in [0.1, 0.15) is 16.6 Å². The molecule has 0 aliphatic rings. The second kappa shape index (κ2) is 6.44. The average molecular weight is 385 g/mol. The molecule has 4 aromatic rings. The number of pyridine rings is 2. The minimum absolute atomic E-state index is 0.0877. The van der Waals surface area contributed by atoms with E-state index in [-0.39, 0.29) is 11.3 Å². The van der Waals surface area contributed by atoms with Gasteiger partial charge in [0.05, 0.1) is 11.3 Å². The lowest BCUT2D eigenvalue weighted by Gasteiger charge is -2.06. The maximum atomic E-state index is 14.3. The lowest BCUT2D eigenvalue weighted by atomic mass is 10.00. The first kappa shape index (κ1) is 17.1. The summed E-state index contributed by atoms with van der Waals surface area (Å²) in [7, 11) is 0. The SMILES string of the molecule is Nc1ccc(F)c(C(=O)c2c[nH]c3ncc(-c4ccc(Cl)nc4)cc23)c1F. The van der Waals surface area contributed by atoms with E-state index in [1.54, 1.807) is 30.6 Å². The van der Waals surface area contributed by atoms with Gasteiger partial charge >= 0.3 is 0 Å². The van der Waals surface area contributed by atoms with Crippen LogP contribution in [-0.2, 0) is 0 Å². The number of nitrogen functional groups attached to an aromatic ring is 1. The van der Waals surface area contributed by atoms with Crippen LogP contribution >= 0.6 is 11.6 Å². The molecule has 134 valence electrons. The lowest BCUT2D eigenvalue weighted by molar-refractivity contribution is 0.103. The van der Waals surface area contributed by atoms with E-state index >= 15 is 0 Å². The number of nitrogens with one attached hydrogen (secondary N) is 1. The van der Waals surface area contributed by atoms with E-state index in [0.717, 1.165) is 17.7 Å². The monoisotopic (exact) mass is 384 g/mol. The van der Waals surface area contributed by atoms with Gasteiger partial charge in [-0.3, -0.25) is 4.79 Å². The topological polar surface area (TPSA) is 84.7 Å². The maximum Gasteiger partial charge on any atom is 0.201 e. The smallest absolute Gasteiger partial charge is 0.201 e. The standard InChI is InChI=1S/C19H11ClF2N4O/c20-15-4-1-9(6-24-15)10-5-11-12(8-26-19(11)25-7-10)18(27)16-13(21)2-3-14(23)17(16)22/h1-8H,23H2,(H,25,26). The van der Waals surface area contributed by atoms with Crippen molar-refractivity contribution in [2.24, 2.45) is 0 Å². The molecular weight excluding hydrogens is 374 g/mol. The van der Waals surface area contributed by atoms with E-state index in [2.05, 4.69) is 15.0 Å². The molecule has 3 aromatic heterocycles. The molecule has 4 rings (SSSR count). The molecular formula is C19H11ClF2N4O. The highest BCUT2D eigenvalue weighted by Crippen LogP contribution is 2.28. The summed E-state index contributed by atoms with van der Waals surface area (Å²) >= 11 is 5.80. The van der Waals surface area contributed by atoms with Crippen molar-refractivity contribution in [1.82, 2.24) is 15.0 Å². The molecule has 0 aliphatic carbocycles. The van der Waals surface area contributed by atoms with E-state index in [1.807, 2.05) is 0 Å². The van der Waals surface area contributed by atoms with Crippen LogP contribution in [0.3, 0.4) is 0 Å². The lowest BCUT2D eigenvalue weighted by Crippen LogP contribution is -2.09. The van der Waals surface area contributed by atoms with Gasteiger partial charge in [0.15, 0.2) is 5.82 Å². The number of anilines is 1. The number of fused-ring (bicyclic) bond motifs is 1. The highest BCUT2D eigenvalue weighted by Gasteiger charge is 2.23. The first-order chi connectivity index (χ1) is 13.0. The molecule has 0 atom stereocenters. The third-order valence-electron chi connectivity index (χ3n) is 4.18. The Kier molecular flexibility index (Phi) is 4.08. The number of H-pyrrole nitrogens is 1. The van der Waals surface area contributed by atoms with E-state index in [1.165, 1.54) is 6.20 Å². The Balaban J connectivity index is 1.86. The van der Waals surface area contributed by atoms with Crippen molar-refractivity contribution in [3.8, 4) is 11.1 Å². The molecule has 0 spiro atoms. The van der Waals surface area contributed by atoms with Crippen LogP contribution in [0.15, 0.2) is 48.9 Å². The number of hydrogen-bond donors (Lipinski definition) is 2. The molecule has 27 heavy (non-hydrogen) atoms. The number of ketones is 1. The number of benzene rings is 1. The van der Waals surface area contributed by atoms with Crippen LogP contribution in [0.2, 0.25) is 5.15 Å². The zero-order valence-electron chi connectivity index (χ0n) is 13.6. The minimum atomic E-state index is -1.08. The molecule has 1 aromatic carbocycles. The summed E-state index contributed by atoms with van der Waals surface area (Å²) in [5, 5.41) is 0.770. The number of rotatable bonds is 3. The van der Waals surface area contributed by atoms with Crippen molar-refractivity contribution >= 4 is 34.1 Å². The fourth-order valence-corrected chi connectivity index (χ4v) is 2.92. The van der Waals surface area contributed by atoms with Gasteiger partial charge in [-0.1, -0.05) is 11.6 Å². The predicted molar refractivity (Wildman–Crippen MR) is 98.5 cm³/mol. The third-order valence-corrected chi connectivity index (χ3v) is 4.41. The van der Waals surface area contributed by atoms with Crippen LogP contribution in [0.25, 0.3) is 22.2 Å². The van der Waals surface area contributed by atoms with E-state index in [9.17, 15) is 13.6 Å². The minimum Gasteiger partial charge on any atom is -0.396 e. The molecule has 3 heterocycles. The highest BCUT2D eigenvalue weighted by molar-refractivity contribution is 6.29. The fourth-order valence-electron chi connectivity index (χ4n) is 2.81. The van der Waals surface area contributed by atoms with Crippen molar-refractivity contribution in [2.45, 2.75) is 0 Å². The Bertz CT molecular complexity index is 1190. The molecule has 0 unspecified atom stereocenters. The summed E-state index contributed by atoms with van der Waals surface area (Å²) in [5.41, 5.74) is 6.38. The van der Waals surface area contributed by atoms with Crippen LogP contribution in [0, 0.1) is 11.6 Å². The number of hydrogen-bond acceptors (Lipinski definition) is 4. The van der Waals surface area contributed by atoms with Crippen LogP contribution in [0.4, 0.5) is 14.5 Å². The largest absolute Gasteiger partial charge is 0.396 e.